The molecule has 0 heterocycles. The highest BCUT2D eigenvalue weighted by atomic mass is 35.5. The van der Waals surface area contributed by atoms with Gasteiger partial charge in [0.2, 0.25) is 0 Å². The molecule has 0 saturated carbocycles. The molecule has 1 atom stereocenters. The fourth-order valence-electron chi connectivity index (χ4n) is 1.14. The second-order valence-electron chi connectivity index (χ2n) is 3.73. The van der Waals surface area contributed by atoms with E-state index in [9.17, 15) is 4.57 Å². The summed E-state index contributed by atoms with van der Waals surface area (Å²) >= 11 is 0. The Labute approximate surface area is 91.7 Å². The molecule has 14 heavy (non-hydrogen) atoms. The molecule has 0 spiro atoms. The Morgan fingerprint density at radius 2 is 1.93 bits per heavy atom. The number of halogens is 1. The van der Waals surface area contributed by atoms with Gasteiger partial charge in [-0.3, -0.25) is 0 Å². The average molecular weight is 234 g/mol. The topological polar surface area (TPSA) is 43.1 Å². The summed E-state index contributed by atoms with van der Waals surface area (Å²) in [6, 6.07) is 7.71. The second-order valence-corrected chi connectivity index (χ2v) is 6.95. The molecular formula is C10H17ClNOP. The first-order valence-corrected chi connectivity index (χ1v) is 6.92. The molecule has 0 aromatic heterocycles. The van der Waals surface area contributed by atoms with E-state index < -0.39 is 7.14 Å². The van der Waals surface area contributed by atoms with Gasteiger partial charge in [0.15, 0.2) is 0 Å². The Hall–Kier alpha value is -0.300. The fourth-order valence-corrected chi connectivity index (χ4v) is 2.05. The van der Waals surface area contributed by atoms with Crippen molar-refractivity contribution in [2.75, 3.05) is 13.3 Å². The number of nitrogens with two attached hydrogens (primary N) is 1. The van der Waals surface area contributed by atoms with Gasteiger partial charge < -0.3 is 10.3 Å². The van der Waals surface area contributed by atoms with E-state index in [4.69, 9.17) is 5.73 Å². The molecule has 1 aromatic carbocycles. The molecule has 0 fully saturated rings. The van der Waals surface area contributed by atoms with E-state index in [-0.39, 0.29) is 18.4 Å². The Kier molecular flexibility index (Phi) is 4.87. The van der Waals surface area contributed by atoms with Crippen LogP contribution >= 0.6 is 19.5 Å². The van der Waals surface area contributed by atoms with Crippen LogP contribution in [0.5, 0.6) is 0 Å². The van der Waals surface area contributed by atoms with Crippen molar-refractivity contribution in [2.24, 2.45) is 5.73 Å². The van der Waals surface area contributed by atoms with Gasteiger partial charge in [-0.25, -0.2) is 0 Å². The monoisotopic (exact) mass is 233 g/mol. The highest BCUT2D eigenvalue weighted by Gasteiger charge is 2.11. The highest BCUT2D eigenvalue weighted by molar-refractivity contribution is 7.70. The Morgan fingerprint density at radius 3 is 2.36 bits per heavy atom. The summed E-state index contributed by atoms with van der Waals surface area (Å²) in [6.45, 7) is 5.47. The van der Waals surface area contributed by atoms with Crippen LogP contribution < -0.4 is 11.0 Å². The van der Waals surface area contributed by atoms with E-state index in [2.05, 4.69) is 0 Å². The van der Waals surface area contributed by atoms with Gasteiger partial charge in [0.05, 0.1) is 0 Å². The maximum Gasteiger partial charge on any atom is 0.109 e. The first kappa shape index (κ1) is 13.7. The zero-order valence-electron chi connectivity index (χ0n) is 8.73. The third-order valence-corrected chi connectivity index (χ3v) is 3.54. The van der Waals surface area contributed by atoms with Gasteiger partial charge in [0.25, 0.3) is 0 Å². The van der Waals surface area contributed by atoms with E-state index in [1.165, 1.54) is 0 Å². The number of hydrogen-bond acceptors (Lipinski definition) is 2. The fraction of sp³-hybridized carbons (Fsp3) is 0.400. The van der Waals surface area contributed by atoms with Crippen LogP contribution in [-0.4, -0.2) is 13.3 Å². The molecule has 0 aliphatic heterocycles. The van der Waals surface area contributed by atoms with Crippen molar-refractivity contribution < 1.29 is 4.57 Å². The first-order valence-electron chi connectivity index (χ1n) is 4.32. The normalized spacial score (nSPS) is 13.1. The van der Waals surface area contributed by atoms with E-state index in [1.54, 1.807) is 13.3 Å². The average Bonchev–Trinajstić information content (AvgIpc) is 2.03. The van der Waals surface area contributed by atoms with Gasteiger partial charge in [0, 0.05) is 11.3 Å². The summed E-state index contributed by atoms with van der Waals surface area (Å²) in [7, 11) is -2.14. The van der Waals surface area contributed by atoms with Crippen LogP contribution in [0.25, 0.3) is 0 Å². The molecule has 0 amide bonds. The summed E-state index contributed by atoms with van der Waals surface area (Å²) in [5, 5.41) is 0.905. The number of rotatable bonds is 2. The zero-order valence-corrected chi connectivity index (χ0v) is 10.4. The lowest BCUT2D eigenvalue weighted by molar-refractivity contribution is 0.588. The standard InChI is InChI=1S/C10H16NOP.ClH/c1-8(11)9-5-4-6-10(7-9)13(2,3)12;/h4-8H,11H2,1-3H3;1H. The smallest absolute Gasteiger partial charge is 0.109 e. The van der Waals surface area contributed by atoms with Crippen LogP contribution in [0, 0.1) is 0 Å². The van der Waals surface area contributed by atoms with E-state index in [0.717, 1.165) is 10.9 Å². The lowest BCUT2D eigenvalue weighted by Crippen LogP contribution is -2.10. The molecule has 2 nitrogen and oxygen atoms in total. The Balaban J connectivity index is 0.00000169. The van der Waals surface area contributed by atoms with Crippen molar-refractivity contribution in [3.05, 3.63) is 29.8 Å². The van der Waals surface area contributed by atoms with E-state index in [0.29, 0.717) is 0 Å². The Bertz CT molecular complexity index is 346. The minimum Gasteiger partial charge on any atom is -0.324 e. The predicted molar refractivity (Wildman–Crippen MR) is 65.4 cm³/mol. The summed E-state index contributed by atoms with van der Waals surface area (Å²) in [5.74, 6) is 0. The maximum absolute atomic E-state index is 11.8. The van der Waals surface area contributed by atoms with Gasteiger partial charge in [-0.1, -0.05) is 18.2 Å². The summed E-state index contributed by atoms with van der Waals surface area (Å²) in [4.78, 5) is 0. The second kappa shape index (κ2) is 4.97. The molecule has 1 unspecified atom stereocenters. The van der Waals surface area contributed by atoms with Crippen molar-refractivity contribution in [1.29, 1.82) is 0 Å². The van der Waals surface area contributed by atoms with Crippen molar-refractivity contribution in [2.45, 2.75) is 13.0 Å². The van der Waals surface area contributed by atoms with Gasteiger partial charge in [-0.05, 0) is 31.9 Å². The molecule has 80 valence electrons. The number of benzene rings is 1. The SMILES string of the molecule is CC(N)c1cccc(P(C)(C)=O)c1.Cl. The van der Waals surface area contributed by atoms with Crippen LogP contribution in [0.2, 0.25) is 0 Å². The Morgan fingerprint density at radius 1 is 1.36 bits per heavy atom. The van der Waals surface area contributed by atoms with Gasteiger partial charge in [-0.15, -0.1) is 12.4 Å². The third kappa shape index (κ3) is 3.45. The molecular weight excluding hydrogens is 217 g/mol. The van der Waals surface area contributed by atoms with E-state index >= 15 is 0 Å². The van der Waals surface area contributed by atoms with Crippen LogP contribution in [0.1, 0.15) is 18.5 Å². The molecule has 0 radical (unpaired) electrons. The van der Waals surface area contributed by atoms with Gasteiger partial charge in [-0.2, -0.15) is 0 Å². The van der Waals surface area contributed by atoms with Crippen LogP contribution in [-0.2, 0) is 4.57 Å². The molecule has 2 N–H and O–H groups in total. The van der Waals surface area contributed by atoms with E-state index in [1.807, 2.05) is 31.2 Å². The molecule has 0 aliphatic carbocycles. The molecule has 1 rings (SSSR count). The lowest BCUT2D eigenvalue weighted by atomic mass is 10.1. The molecule has 0 aliphatic rings. The summed E-state index contributed by atoms with van der Waals surface area (Å²) < 4.78 is 11.8. The molecule has 0 saturated heterocycles. The number of hydrogen-bond donors (Lipinski definition) is 1. The van der Waals surface area contributed by atoms with Crippen molar-refractivity contribution in [1.82, 2.24) is 0 Å². The molecule has 4 heteroatoms. The first-order chi connectivity index (χ1) is 5.91. The van der Waals surface area contributed by atoms with Crippen LogP contribution in [0.3, 0.4) is 0 Å². The molecule has 0 bridgehead atoms. The third-order valence-electron chi connectivity index (χ3n) is 2.02. The minimum atomic E-state index is -2.14. The van der Waals surface area contributed by atoms with Crippen LogP contribution in [0.4, 0.5) is 0 Å². The van der Waals surface area contributed by atoms with Crippen molar-refractivity contribution in [3.8, 4) is 0 Å². The molecule has 1 aromatic rings. The van der Waals surface area contributed by atoms with Crippen LogP contribution in [0.15, 0.2) is 24.3 Å². The van der Waals surface area contributed by atoms with Gasteiger partial charge in [0.1, 0.15) is 7.14 Å². The van der Waals surface area contributed by atoms with Crippen molar-refractivity contribution in [3.63, 3.8) is 0 Å². The summed E-state index contributed by atoms with van der Waals surface area (Å²) in [6.07, 6.45) is 0. The van der Waals surface area contributed by atoms with Gasteiger partial charge >= 0.3 is 0 Å². The quantitative estimate of drug-likeness (QED) is 0.797. The minimum absolute atomic E-state index is 0. The highest BCUT2D eigenvalue weighted by Crippen LogP contribution is 2.34. The maximum atomic E-state index is 11.8. The zero-order chi connectivity index (χ0) is 10.1. The van der Waals surface area contributed by atoms with Crippen molar-refractivity contribution >= 4 is 24.9 Å². The summed E-state index contributed by atoms with van der Waals surface area (Å²) in [5.41, 5.74) is 6.78. The largest absolute Gasteiger partial charge is 0.324 e. The predicted octanol–water partition coefficient (Wildman–Crippen LogP) is 2.38. The lowest BCUT2D eigenvalue weighted by Gasteiger charge is -2.10.